The van der Waals surface area contributed by atoms with Crippen LogP contribution in [0.1, 0.15) is 56.9 Å². The fourth-order valence-electron chi connectivity index (χ4n) is 2.29. The van der Waals surface area contributed by atoms with Gasteiger partial charge in [-0.05, 0) is 50.2 Å². The van der Waals surface area contributed by atoms with Crippen LogP contribution >= 0.6 is 0 Å². The molecular formula is C21H29. The van der Waals surface area contributed by atoms with Crippen LogP contribution in [0, 0.1) is 6.07 Å². The van der Waals surface area contributed by atoms with Crippen LogP contribution in [0.2, 0.25) is 0 Å². The summed E-state index contributed by atoms with van der Waals surface area (Å²) in [6.07, 6.45) is 22.1. The average molecular weight is 281 g/mol. The molecule has 0 aliphatic rings. The summed E-state index contributed by atoms with van der Waals surface area (Å²) in [5.41, 5.74) is 1.42. The van der Waals surface area contributed by atoms with Gasteiger partial charge in [-0.25, -0.2) is 0 Å². The van der Waals surface area contributed by atoms with Gasteiger partial charge in [-0.3, -0.25) is 0 Å². The molecule has 0 spiro atoms. The molecule has 0 heterocycles. The Morgan fingerprint density at radius 1 is 0.905 bits per heavy atom. The van der Waals surface area contributed by atoms with Gasteiger partial charge in [0.2, 0.25) is 0 Å². The molecule has 21 heavy (non-hydrogen) atoms. The topological polar surface area (TPSA) is 0 Å². The Kier molecular flexibility index (Phi) is 11.2. The molecule has 0 nitrogen and oxygen atoms in total. The third-order valence-corrected chi connectivity index (χ3v) is 3.52. The zero-order valence-corrected chi connectivity index (χ0v) is 13.3. The van der Waals surface area contributed by atoms with Gasteiger partial charge in [0, 0.05) is 0 Å². The predicted octanol–water partition coefficient (Wildman–Crippen LogP) is 6.45. The standard InChI is InChI=1S/C21H29/c1-2-3-4-5-6-7-8-9-10-11-12-13-15-18-21-19-16-14-17-20-21/h2,4-5,7-8,14,16,19-20H,1,3,6,9-13,15,18H2/b5-4+,8-7+. The van der Waals surface area contributed by atoms with Crippen LogP contribution in [0.15, 0.2) is 61.2 Å². The van der Waals surface area contributed by atoms with E-state index in [0.29, 0.717) is 0 Å². The van der Waals surface area contributed by atoms with Crippen LogP contribution in [0.5, 0.6) is 0 Å². The number of allylic oxidation sites excluding steroid dienone is 5. The van der Waals surface area contributed by atoms with E-state index in [1.165, 1.54) is 50.5 Å². The number of benzene rings is 1. The molecule has 1 aromatic carbocycles. The van der Waals surface area contributed by atoms with Crippen molar-refractivity contribution in [3.8, 4) is 0 Å². The van der Waals surface area contributed by atoms with Crippen molar-refractivity contribution in [3.05, 3.63) is 72.9 Å². The van der Waals surface area contributed by atoms with Gasteiger partial charge in [-0.1, -0.05) is 73.9 Å². The van der Waals surface area contributed by atoms with Gasteiger partial charge in [0.15, 0.2) is 0 Å². The zero-order valence-electron chi connectivity index (χ0n) is 13.3. The van der Waals surface area contributed by atoms with E-state index in [-0.39, 0.29) is 0 Å². The van der Waals surface area contributed by atoms with E-state index in [1.54, 1.807) is 0 Å². The Morgan fingerprint density at radius 2 is 1.67 bits per heavy atom. The van der Waals surface area contributed by atoms with E-state index in [1.807, 2.05) is 12.1 Å². The average Bonchev–Trinajstić information content (AvgIpc) is 2.53. The van der Waals surface area contributed by atoms with Crippen molar-refractivity contribution in [1.82, 2.24) is 0 Å². The van der Waals surface area contributed by atoms with Crippen molar-refractivity contribution in [1.29, 1.82) is 0 Å². The van der Waals surface area contributed by atoms with E-state index < -0.39 is 0 Å². The molecule has 0 N–H and O–H groups in total. The summed E-state index contributed by atoms with van der Waals surface area (Å²) in [5.74, 6) is 0. The third-order valence-electron chi connectivity index (χ3n) is 3.52. The fraction of sp³-hybridized carbons (Fsp3) is 0.429. The van der Waals surface area contributed by atoms with Crippen LogP contribution in [0.3, 0.4) is 0 Å². The molecule has 1 radical (unpaired) electrons. The summed E-state index contributed by atoms with van der Waals surface area (Å²) in [7, 11) is 0. The van der Waals surface area contributed by atoms with E-state index in [9.17, 15) is 0 Å². The van der Waals surface area contributed by atoms with E-state index in [4.69, 9.17) is 0 Å². The molecule has 113 valence electrons. The van der Waals surface area contributed by atoms with Crippen molar-refractivity contribution >= 4 is 0 Å². The van der Waals surface area contributed by atoms with Gasteiger partial charge in [0.05, 0.1) is 0 Å². The highest BCUT2D eigenvalue weighted by molar-refractivity contribution is 5.13. The lowest BCUT2D eigenvalue weighted by Crippen LogP contribution is -1.85. The lowest BCUT2D eigenvalue weighted by atomic mass is 10.0. The molecule has 0 bridgehead atoms. The molecule has 0 aliphatic heterocycles. The van der Waals surface area contributed by atoms with Gasteiger partial charge in [-0.2, -0.15) is 0 Å². The molecule has 0 atom stereocenters. The Balaban J connectivity index is 1.86. The normalized spacial score (nSPS) is 11.4. The van der Waals surface area contributed by atoms with Crippen molar-refractivity contribution in [2.24, 2.45) is 0 Å². The molecule has 0 saturated carbocycles. The summed E-state index contributed by atoms with van der Waals surface area (Å²) in [4.78, 5) is 0. The van der Waals surface area contributed by atoms with Gasteiger partial charge in [0.25, 0.3) is 0 Å². The number of aryl methyl sites for hydroxylation is 1. The Hall–Kier alpha value is -1.56. The van der Waals surface area contributed by atoms with E-state index >= 15 is 0 Å². The van der Waals surface area contributed by atoms with Crippen molar-refractivity contribution in [2.75, 3.05) is 0 Å². The van der Waals surface area contributed by atoms with Gasteiger partial charge in [-0.15, -0.1) is 6.58 Å². The molecule has 1 aromatic rings. The second-order valence-electron chi connectivity index (χ2n) is 5.42. The smallest absolute Gasteiger partial charge is 0.0169 e. The molecule has 0 fully saturated rings. The van der Waals surface area contributed by atoms with Gasteiger partial charge >= 0.3 is 0 Å². The van der Waals surface area contributed by atoms with Gasteiger partial charge in [0.1, 0.15) is 0 Å². The number of rotatable bonds is 12. The lowest BCUT2D eigenvalue weighted by molar-refractivity contribution is 0.617. The highest BCUT2D eigenvalue weighted by atomic mass is 14.0. The summed E-state index contributed by atoms with van der Waals surface area (Å²) < 4.78 is 0. The lowest BCUT2D eigenvalue weighted by Gasteiger charge is -2.01. The first-order valence-corrected chi connectivity index (χ1v) is 8.29. The van der Waals surface area contributed by atoms with Gasteiger partial charge < -0.3 is 0 Å². The minimum absolute atomic E-state index is 0.981. The molecule has 0 unspecified atom stereocenters. The fourth-order valence-corrected chi connectivity index (χ4v) is 2.29. The number of unbranched alkanes of at least 4 members (excludes halogenated alkanes) is 5. The summed E-state index contributed by atoms with van der Waals surface area (Å²) in [6, 6.07) is 11.5. The second kappa shape index (κ2) is 13.4. The minimum atomic E-state index is 0.981. The predicted molar refractivity (Wildman–Crippen MR) is 94.4 cm³/mol. The van der Waals surface area contributed by atoms with Crippen LogP contribution in [0.4, 0.5) is 0 Å². The van der Waals surface area contributed by atoms with E-state index in [2.05, 4.69) is 55.1 Å². The maximum Gasteiger partial charge on any atom is -0.0169 e. The highest BCUT2D eigenvalue weighted by Gasteiger charge is 1.93. The second-order valence-corrected chi connectivity index (χ2v) is 5.42. The quantitative estimate of drug-likeness (QED) is 0.305. The maximum absolute atomic E-state index is 3.70. The van der Waals surface area contributed by atoms with Crippen LogP contribution in [0.25, 0.3) is 0 Å². The van der Waals surface area contributed by atoms with Crippen molar-refractivity contribution in [2.45, 2.75) is 57.8 Å². The number of hydrogen-bond donors (Lipinski definition) is 0. The summed E-state index contributed by atoms with van der Waals surface area (Å²) >= 11 is 0. The van der Waals surface area contributed by atoms with Crippen molar-refractivity contribution in [3.63, 3.8) is 0 Å². The first-order chi connectivity index (χ1) is 10.4. The summed E-state index contributed by atoms with van der Waals surface area (Å²) in [5, 5.41) is 0. The molecule has 1 rings (SSSR count). The monoisotopic (exact) mass is 281 g/mol. The molecule has 0 saturated heterocycles. The zero-order chi connectivity index (χ0) is 15.0. The first kappa shape index (κ1) is 17.5. The summed E-state index contributed by atoms with van der Waals surface area (Å²) in [6.45, 7) is 3.70. The number of hydrogen-bond acceptors (Lipinski definition) is 0. The first-order valence-electron chi connectivity index (χ1n) is 8.29. The van der Waals surface area contributed by atoms with Crippen molar-refractivity contribution < 1.29 is 0 Å². The highest BCUT2D eigenvalue weighted by Crippen LogP contribution is 2.10. The largest absolute Gasteiger partial charge is 0.103 e. The molecule has 0 heteroatoms. The van der Waals surface area contributed by atoms with Crippen LogP contribution in [-0.4, -0.2) is 0 Å². The Morgan fingerprint density at radius 3 is 2.48 bits per heavy atom. The molecule has 0 aromatic heterocycles. The van der Waals surface area contributed by atoms with Crippen LogP contribution < -0.4 is 0 Å². The third kappa shape index (κ3) is 10.8. The van der Waals surface area contributed by atoms with Crippen LogP contribution in [-0.2, 0) is 6.42 Å². The SMILES string of the molecule is C=CC/C=C/C/C=C/CCCCCCCc1c[c]ccc1. The maximum atomic E-state index is 3.70. The van der Waals surface area contributed by atoms with E-state index in [0.717, 1.165) is 12.8 Å². The Bertz CT molecular complexity index is 397. The Labute approximate surface area is 131 Å². The molecule has 0 amide bonds. The molecule has 0 aliphatic carbocycles. The molecular weight excluding hydrogens is 252 g/mol. The minimum Gasteiger partial charge on any atom is -0.103 e.